The monoisotopic (exact) mass is 274 g/mol. The fraction of sp³-hybridized carbons (Fsp3) is 0.357. The van der Waals surface area contributed by atoms with Crippen molar-refractivity contribution in [3.05, 3.63) is 40.1 Å². The highest BCUT2D eigenvalue weighted by Crippen LogP contribution is 2.27. The van der Waals surface area contributed by atoms with Gasteiger partial charge in [0.1, 0.15) is 0 Å². The van der Waals surface area contributed by atoms with Crippen molar-refractivity contribution in [2.75, 3.05) is 13.2 Å². The Labute approximate surface area is 114 Å². The van der Waals surface area contributed by atoms with Crippen LogP contribution in [0, 0.1) is 16.0 Å². The van der Waals surface area contributed by atoms with E-state index in [-0.39, 0.29) is 17.4 Å². The van der Waals surface area contributed by atoms with Crippen molar-refractivity contribution < 1.29 is 14.5 Å². The van der Waals surface area contributed by atoms with Crippen molar-refractivity contribution in [3.63, 3.8) is 0 Å². The zero-order chi connectivity index (χ0) is 14.1. The average Bonchev–Trinajstić information content (AvgIpc) is 2.90. The van der Waals surface area contributed by atoms with E-state index in [1.54, 1.807) is 12.3 Å². The van der Waals surface area contributed by atoms with Gasteiger partial charge in [-0.25, -0.2) is 0 Å². The van der Waals surface area contributed by atoms with Crippen LogP contribution in [0.25, 0.3) is 10.9 Å². The first-order valence-corrected chi connectivity index (χ1v) is 6.54. The van der Waals surface area contributed by atoms with Crippen LogP contribution in [0.1, 0.15) is 23.2 Å². The summed E-state index contributed by atoms with van der Waals surface area (Å²) in [5.41, 5.74) is 1.25. The van der Waals surface area contributed by atoms with Crippen LogP contribution >= 0.6 is 0 Å². The SMILES string of the molecule is O=C(c1c[nH]c2cc([N+](=O)[O-])ccc12)C1CCOCC1. The molecule has 0 atom stereocenters. The number of nitro groups is 1. The average molecular weight is 274 g/mol. The van der Waals surface area contributed by atoms with Crippen LogP contribution in [0.3, 0.4) is 0 Å². The van der Waals surface area contributed by atoms with E-state index >= 15 is 0 Å². The zero-order valence-corrected chi connectivity index (χ0v) is 10.8. The Kier molecular flexibility index (Phi) is 3.23. The van der Waals surface area contributed by atoms with E-state index in [4.69, 9.17) is 4.74 Å². The van der Waals surface area contributed by atoms with Crippen LogP contribution in [0.15, 0.2) is 24.4 Å². The Morgan fingerprint density at radius 3 is 2.80 bits per heavy atom. The number of ether oxygens (including phenoxy) is 1. The molecule has 1 aromatic heterocycles. The number of fused-ring (bicyclic) bond motifs is 1. The minimum atomic E-state index is -0.444. The van der Waals surface area contributed by atoms with Gasteiger partial charge in [0, 0.05) is 48.4 Å². The smallest absolute Gasteiger partial charge is 0.271 e. The molecule has 0 radical (unpaired) electrons. The molecule has 6 heteroatoms. The van der Waals surface area contributed by atoms with Crippen LogP contribution in [0.2, 0.25) is 0 Å². The number of aromatic nitrogens is 1. The summed E-state index contributed by atoms with van der Waals surface area (Å²) in [6.07, 6.45) is 3.11. The molecule has 1 saturated heterocycles. The van der Waals surface area contributed by atoms with Crippen LogP contribution in [-0.2, 0) is 4.74 Å². The van der Waals surface area contributed by atoms with E-state index in [0.29, 0.717) is 24.3 Å². The van der Waals surface area contributed by atoms with Crippen molar-refractivity contribution in [1.82, 2.24) is 4.98 Å². The van der Waals surface area contributed by atoms with Crippen molar-refractivity contribution in [2.24, 2.45) is 5.92 Å². The van der Waals surface area contributed by atoms with Gasteiger partial charge in [0.15, 0.2) is 5.78 Å². The number of non-ortho nitro benzene ring substituents is 1. The lowest BCUT2D eigenvalue weighted by Gasteiger charge is -2.20. The van der Waals surface area contributed by atoms with Gasteiger partial charge in [-0.1, -0.05) is 0 Å². The minimum absolute atomic E-state index is 0.0158. The number of hydrogen-bond acceptors (Lipinski definition) is 4. The fourth-order valence-corrected chi connectivity index (χ4v) is 2.61. The Hall–Kier alpha value is -2.21. The molecule has 0 aliphatic carbocycles. The second-order valence-electron chi connectivity index (χ2n) is 4.94. The van der Waals surface area contributed by atoms with Gasteiger partial charge in [-0.15, -0.1) is 0 Å². The van der Waals surface area contributed by atoms with Gasteiger partial charge in [0.05, 0.1) is 10.4 Å². The molecular formula is C14H14N2O4. The summed E-state index contributed by atoms with van der Waals surface area (Å²) in [5, 5.41) is 11.5. The molecule has 104 valence electrons. The third kappa shape index (κ3) is 2.18. The van der Waals surface area contributed by atoms with Crippen LogP contribution in [0.5, 0.6) is 0 Å². The number of nitro benzene ring substituents is 1. The summed E-state index contributed by atoms with van der Waals surface area (Å²) in [4.78, 5) is 25.7. The number of H-pyrrole nitrogens is 1. The molecule has 0 saturated carbocycles. The number of Topliss-reactive ketones (excluding diaryl/α,β-unsaturated/α-hetero) is 1. The zero-order valence-electron chi connectivity index (χ0n) is 10.8. The number of benzene rings is 1. The summed E-state index contributed by atoms with van der Waals surface area (Å²) < 4.78 is 5.26. The molecule has 2 heterocycles. The third-order valence-electron chi connectivity index (χ3n) is 3.73. The fourth-order valence-electron chi connectivity index (χ4n) is 2.61. The Balaban J connectivity index is 1.95. The summed E-state index contributed by atoms with van der Waals surface area (Å²) in [6.45, 7) is 1.23. The maximum atomic E-state index is 12.5. The van der Waals surface area contributed by atoms with Crippen molar-refractivity contribution >= 4 is 22.4 Å². The number of carbonyl (C=O) groups excluding carboxylic acids is 1. The predicted molar refractivity (Wildman–Crippen MR) is 72.8 cm³/mol. The second kappa shape index (κ2) is 5.05. The van der Waals surface area contributed by atoms with Gasteiger partial charge < -0.3 is 9.72 Å². The summed E-state index contributed by atoms with van der Waals surface area (Å²) >= 11 is 0. The molecule has 6 nitrogen and oxygen atoms in total. The molecule has 1 aliphatic heterocycles. The number of hydrogen-bond donors (Lipinski definition) is 1. The van der Waals surface area contributed by atoms with E-state index < -0.39 is 4.92 Å². The molecule has 1 N–H and O–H groups in total. The first kappa shape index (κ1) is 12.8. The number of nitrogens with zero attached hydrogens (tertiary/aromatic N) is 1. The van der Waals surface area contributed by atoms with Crippen LogP contribution in [0.4, 0.5) is 5.69 Å². The van der Waals surface area contributed by atoms with Gasteiger partial charge in [-0.2, -0.15) is 0 Å². The topological polar surface area (TPSA) is 85.2 Å². The highest BCUT2D eigenvalue weighted by molar-refractivity contribution is 6.09. The molecule has 2 aromatic rings. The van der Waals surface area contributed by atoms with Gasteiger partial charge in [0.25, 0.3) is 5.69 Å². The lowest BCUT2D eigenvalue weighted by molar-refractivity contribution is -0.384. The van der Waals surface area contributed by atoms with Gasteiger partial charge in [0.2, 0.25) is 0 Å². The normalized spacial score (nSPS) is 16.4. The van der Waals surface area contributed by atoms with E-state index in [1.807, 2.05) is 0 Å². The van der Waals surface area contributed by atoms with Crippen LogP contribution < -0.4 is 0 Å². The maximum Gasteiger partial charge on any atom is 0.271 e. The van der Waals surface area contributed by atoms with Gasteiger partial charge >= 0.3 is 0 Å². The van der Waals surface area contributed by atoms with Crippen molar-refractivity contribution in [1.29, 1.82) is 0 Å². The van der Waals surface area contributed by atoms with Crippen LogP contribution in [-0.4, -0.2) is 28.9 Å². The predicted octanol–water partition coefficient (Wildman–Crippen LogP) is 2.69. The van der Waals surface area contributed by atoms with E-state index in [1.165, 1.54) is 12.1 Å². The number of nitrogens with one attached hydrogen (secondary N) is 1. The van der Waals surface area contributed by atoms with Crippen molar-refractivity contribution in [3.8, 4) is 0 Å². The van der Waals surface area contributed by atoms with Gasteiger partial charge in [-0.05, 0) is 18.9 Å². The highest BCUT2D eigenvalue weighted by atomic mass is 16.6. The third-order valence-corrected chi connectivity index (χ3v) is 3.73. The summed E-state index contributed by atoms with van der Waals surface area (Å²) in [7, 11) is 0. The van der Waals surface area contributed by atoms with E-state index in [2.05, 4.69) is 4.98 Å². The Morgan fingerprint density at radius 1 is 1.35 bits per heavy atom. The molecule has 0 spiro atoms. The first-order chi connectivity index (χ1) is 9.66. The standard InChI is InChI=1S/C14H14N2O4/c17-14(9-3-5-20-6-4-9)12-8-15-13-7-10(16(18)19)1-2-11(12)13/h1-2,7-9,15H,3-6H2. The Morgan fingerprint density at radius 2 is 2.10 bits per heavy atom. The number of rotatable bonds is 3. The lowest BCUT2D eigenvalue weighted by Crippen LogP contribution is -2.23. The summed E-state index contributed by atoms with van der Waals surface area (Å²) in [6, 6.07) is 4.52. The van der Waals surface area contributed by atoms with E-state index in [0.717, 1.165) is 18.2 Å². The quantitative estimate of drug-likeness (QED) is 0.529. The highest BCUT2D eigenvalue weighted by Gasteiger charge is 2.25. The molecule has 0 bridgehead atoms. The van der Waals surface area contributed by atoms with Crippen molar-refractivity contribution in [2.45, 2.75) is 12.8 Å². The molecule has 0 unspecified atom stereocenters. The number of carbonyl (C=O) groups is 1. The molecule has 1 aliphatic rings. The minimum Gasteiger partial charge on any atom is -0.381 e. The second-order valence-corrected chi connectivity index (χ2v) is 4.94. The summed E-state index contributed by atoms with van der Waals surface area (Å²) in [5.74, 6) is 0.0753. The molecule has 1 fully saturated rings. The molecule has 1 aromatic carbocycles. The first-order valence-electron chi connectivity index (χ1n) is 6.54. The largest absolute Gasteiger partial charge is 0.381 e. The van der Waals surface area contributed by atoms with E-state index in [9.17, 15) is 14.9 Å². The Bertz CT molecular complexity index is 671. The number of aromatic amines is 1. The molecular weight excluding hydrogens is 260 g/mol. The van der Waals surface area contributed by atoms with Gasteiger partial charge in [-0.3, -0.25) is 14.9 Å². The number of ketones is 1. The maximum absolute atomic E-state index is 12.5. The lowest BCUT2D eigenvalue weighted by atomic mass is 9.91. The molecule has 20 heavy (non-hydrogen) atoms. The molecule has 3 rings (SSSR count). The molecule has 0 amide bonds.